The van der Waals surface area contributed by atoms with E-state index in [0.717, 1.165) is 24.0 Å². The van der Waals surface area contributed by atoms with Crippen molar-refractivity contribution in [1.29, 1.82) is 0 Å². The number of nitrogens with one attached hydrogen (secondary N) is 2. The minimum absolute atomic E-state index is 0.0174. The lowest BCUT2D eigenvalue weighted by molar-refractivity contribution is -0.142. The molecule has 3 unspecified atom stereocenters. The van der Waals surface area contributed by atoms with Crippen molar-refractivity contribution in [2.24, 2.45) is 11.8 Å². The second-order valence-corrected chi connectivity index (χ2v) is 8.97. The number of hydrogen-bond donors (Lipinski definition) is 3. The Kier molecular flexibility index (Phi) is 5.62. The average Bonchev–Trinajstić information content (AvgIpc) is 3.46. The first-order valence-electron chi connectivity index (χ1n) is 11.3. The molecular formula is C26H26N2O5. The molecule has 1 saturated carbocycles. The number of carbonyl (C=O) groups excluding carboxylic acids is 2. The summed E-state index contributed by atoms with van der Waals surface area (Å²) in [5, 5.41) is 14.8. The van der Waals surface area contributed by atoms with Gasteiger partial charge in [0.2, 0.25) is 5.91 Å². The van der Waals surface area contributed by atoms with Crippen molar-refractivity contribution in [3.8, 4) is 11.1 Å². The molecule has 7 heteroatoms. The Bertz CT molecular complexity index is 1080. The van der Waals surface area contributed by atoms with Crippen LogP contribution < -0.4 is 10.6 Å². The van der Waals surface area contributed by atoms with E-state index in [-0.39, 0.29) is 30.4 Å². The standard InChI is InChI=1S/C26H26N2O5/c29-24(28-23(25(30)31)15-9-10-15)16-11-12-17(13-16)27-26(32)33-14-22-20-7-3-1-5-18(20)19-6-2-4-8-21(19)22/h1-8,11-12,15-17,22-23H,9-10,13-14H2,(H,27,32)(H,28,29)(H,30,31). The maximum absolute atomic E-state index is 12.5. The summed E-state index contributed by atoms with van der Waals surface area (Å²) in [6, 6.07) is 15.1. The molecule has 3 aliphatic rings. The van der Waals surface area contributed by atoms with Crippen LogP contribution in [-0.2, 0) is 14.3 Å². The summed E-state index contributed by atoms with van der Waals surface area (Å²) in [6.45, 7) is 0.224. The number of hydrogen-bond acceptors (Lipinski definition) is 4. The van der Waals surface area contributed by atoms with E-state index in [1.54, 1.807) is 12.2 Å². The first kappa shape index (κ1) is 21.2. The van der Waals surface area contributed by atoms with Crippen LogP contribution in [0, 0.1) is 11.8 Å². The fourth-order valence-corrected chi connectivity index (χ4v) is 4.86. The smallest absolute Gasteiger partial charge is 0.407 e. The Balaban J connectivity index is 1.14. The van der Waals surface area contributed by atoms with Gasteiger partial charge in [0.25, 0.3) is 0 Å². The third-order valence-corrected chi connectivity index (χ3v) is 6.72. The zero-order chi connectivity index (χ0) is 22.9. The molecule has 2 aromatic rings. The van der Waals surface area contributed by atoms with Gasteiger partial charge in [0.15, 0.2) is 0 Å². The number of amides is 2. The molecule has 3 atom stereocenters. The van der Waals surface area contributed by atoms with Crippen molar-refractivity contribution in [1.82, 2.24) is 10.6 Å². The molecule has 0 heterocycles. The summed E-state index contributed by atoms with van der Waals surface area (Å²) in [7, 11) is 0. The Morgan fingerprint density at radius 2 is 1.61 bits per heavy atom. The van der Waals surface area contributed by atoms with Crippen molar-refractivity contribution in [3.63, 3.8) is 0 Å². The minimum Gasteiger partial charge on any atom is -0.480 e. The van der Waals surface area contributed by atoms with Crippen LogP contribution in [0.4, 0.5) is 4.79 Å². The molecule has 3 N–H and O–H groups in total. The van der Waals surface area contributed by atoms with Crippen LogP contribution >= 0.6 is 0 Å². The number of aliphatic carboxylic acids is 1. The van der Waals surface area contributed by atoms with Gasteiger partial charge in [-0.1, -0.05) is 60.7 Å². The fourth-order valence-electron chi connectivity index (χ4n) is 4.86. The van der Waals surface area contributed by atoms with Crippen LogP contribution in [0.1, 0.15) is 36.3 Å². The predicted molar refractivity (Wildman–Crippen MR) is 122 cm³/mol. The summed E-state index contributed by atoms with van der Waals surface area (Å²) in [6.07, 6.45) is 4.98. The van der Waals surface area contributed by atoms with Crippen LogP contribution in [0.5, 0.6) is 0 Å². The molecule has 5 rings (SSSR count). The molecule has 170 valence electrons. The summed E-state index contributed by atoms with van der Waals surface area (Å²) in [5.74, 6) is -1.78. The van der Waals surface area contributed by atoms with Crippen LogP contribution in [0.25, 0.3) is 11.1 Å². The van der Waals surface area contributed by atoms with Gasteiger partial charge in [-0.25, -0.2) is 9.59 Å². The number of carboxylic acid groups (broad SMARTS) is 1. The van der Waals surface area contributed by atoms with Crippen LogP contribution in [-0.4, -0.2) is 41.8 Å². The molecule has 0 aromatic heterocycles. The van der Waals surface area contributed by atoms with E-state index in [2.05, 4.69) is 34.9 Å². The summed E-state index contributed by atoms with van der Waals surface area (Å²) in [5.41, 5.74) is 4.63. The first-order chi connectivity index (χ1) is 16.0. The highest BCUT2D eigenvalue weighted by Crippen LogP contribution is 2.44. The molecule has 3 aliphatic carbocycles. The highest BCUT2D eigenvalue weighted by atomic mass is 16.5. The third-order valence-electron chi connectivity index (χ3n) is 6.72. The Labute approximate surface area is 191 Å². The monoisotopic (exact) mass is 446 g/mol. The molecule has 0 aliphatic heterocycles. The van der Waals surface area contributed by atoms with E-state index in [1.807, 2.05) is 24.3 Å². The average molecular weight is 447 g/mol. The lowest BCUT2D eigenvalue weighted by Gasteiger charge is -2.18. The van der Waals surface area contributed by atoms with Crippen molar-refractivity contribution in [3.05, 3.63) is 71.8 Å². The molecule has 0 bridgehead atoms. The summed E-state index contributed by atoms with van der Waals surface area (Å²) < 4.78 is 5.57. The molecule has 2 aromatic carbocycles. The van der Waals surface area contributed by atoms with Crippen molar-refractivity contribution in [2.75, 3.05) is 6.61 Å². The van der Waals surface area contributed by atoms with E-state index in [1.165, 1.54) is 11.1 Å². The number of fused-ring (bicyclic) bond motifs is 3. The van der Waals surface area contributed by atoms with Gasteiger partial charge in [0.1, 0.15) is 12.6 Å². The molecule has 0 saturated heterocycles. The third kappa shape index (κ3) is 4.35. The minimum atomic E-state index is -0.999. The topological polar surface area (TPSA) is 105 Å². The van der Waals surface area contributed by atoms with Gasteiger partial charge in [-0.2, -0.15) is 0 Å². The Morgan fingerprint density at radius 1 is 0.970 bits per heavy atom. The highest BCUT2D eigenvalue weighted by molar-refractivity contribution is 5.87. The quantitative estimate of drug-likeness (QED) is 0.565. The number of benzene rings is 2. The number of carboxylic acids is 1. The number of carbonyl (C=O) groups is 3. The molecule has 33 heavy (non-hydrogen) atoms. The molecule has 2 amide bonds. The van der Waals surface area contributed by atoms with Gasteiger partial charge < -0.3 is 20.5 Å². The van der Waals surface area contributed by atoms with Crippen molar-refractivity contribution >= 4 is 18.0 Å². The van der Waals surface area contributed by atoms with Gasteiger partial charge in [-0.15, -0.1) is 0 Å². The summed E-state index contributed by atoms with van der Waals surface area (Å²) in [4.78, 5) is 36.3. The van der Waals surface area contributed by atoms with Crippen molar-refractivity contribution in [2.45, 2.75) is 37.3 Å². The van der Waals surface area contributed by atoms with Gasteiger partial charge in [0, 0.05) is 5.92 Å². The molecule has 0 spiro atoms. The van der Waals surface area contributed by atoms with E-state index in [0.29, 0.717) is 6.42 Å². The summed E-state index contributed by atoms with van der Waals surface area (Å²) >= 11 is 0. The largest absolute Gasteiger partial charge is 0.480 e. The van der Waals surface area contributed by atoms with Gasteiger partial charge in [-0.3, -0.25) is 4.79 Å². The Morgan fingerprint density at radius 3 is 2.21 bits per heavy atom. The maximum Gasteiger partial charge on any atom is 0.407 e. The van der Waals surface area contributed by atoms with E-state index in [4.69, 9.17) is 4.74 Å². The maximum atomic E-state index is 12.5. The zero-order valence-electron chi connectivity index (χ0n) is 18.1. The van der Waals surface area contributed by atoms with E-state index < -0.39 is 24.0 Å². The molecule has 7 nitrogen and oxygen atoms in total. The first-order valence-corrected chi connectivity index (χ1v) is 11.3. The Hall–Kier alpha value is -3.61. The predicted octanol–water partition coefficient (Wildman–Crippen LogP) is 3.45. The van der Waals surface area contributed by atoms with Gasteiger partial charge in [-0.05, 0) is 47.4 Å². The second kappa shape index (κ2) is 8.73. The zero-order valence-corrected chi connectivity index (χ0v) is 18.1. The molecule has 0 radical (unpaired) electrons. The van der Waals surface area contributed by atoms with E-state index in [9.17, 15) is 19.5 Å². The van der Waals surface area contributed by atoms with Gasteiger partial charge >= 0.3 is 12.1 Å². The van der Waals surface area contributed by atoms with Gasteiger partial charge in [0.05, 0.1) is 12.0 Å². The fraction of sp³-hybridized carbons (Fsp3) is 0.346. The number of ether oxygens (including phenoxy) is 1. The SMILES string of the molecule is O=C(NC1C=CC(C(=O)NC(C(=O)O)C2CC2)C1)OCC1c2ccccc2-c2ccccc21. The van der Waals surface area contributed by atoms with Crippen LogP contribution in [0.15, 0.2) is 60.7 Å². The highest BCUT2D eigenvalue weighted by Gasteiger charge is 2.39. The van der Waals surface area contributed by atoms with E-state index >= 15 is 0 Å². The molecular weight excluding hydrogens is 420 g/mol. The van der Waals surface area contributed by atoms with Crippen LogP contribution in [0.2, 0.25) is 0 Å². The number of rotatable bonds is 7. The lowest BCUT2D eigenvalue weighted by atomic mass is 9.98. The normalized spacial score (nSPS) is 21.7. The number of alkyl carbamates (subject to hydrolysis) is 1. The second-order valence-electron chi connectivity index (χ2n) is 8.97. The molecule has 1 fully saturated rings. The van der Waals surface area contributed by atoms with Crippen LogP contribution in [0.3, 0.4) is 0 Å². The van der Waals surface area contributed by atoms with Crippen molar-refractivity contribution < 1.29 is 24.2 Å². The lowest BCUT2D eigenvalue weighted by Crippen LogP contribution is -2.45.